The summed E-state index contributed by atoms with van der Waals surface area (Å²) in [5.74, 6) is 0.974. The van der Waals surface area contributed by atoms with Crippen LogP contribution in [0.25, 0.3) is 0 Å². The van der Waals surface area contributed by atoms with E-state index >= 15 is 0 Å². The molecule has 0 unspecified atom stereocenters. The highest BCUT2D eigenvalue weighted by Crippen LogP contribution is 2.13. The minimum atomic E-state index is -0.0825. The van der Waals surface area contributed by atoms with Gasteiger partial charge in [-0.2, -0.15) is 11.8 Å². The first-order chi connectivity index (χ1) is 5.20. The van der Waals surface area contributed by atoms with E-state index in [1.807, 2.05) is 13.8 Å². The molecule has 2 nitrogen and oxygen atoms in total. The second kappa shape index (κ2) is 6.53. The van der Waals surface area contributed by atoms with Crippen molar-refractivity contribution in [3.8, 4) is 0 Å². The number of hydrogen-bond donors (Lipinski definition) is 0. The summed E-state index contributed by atoms with van der Waals surface area (Å²) in [4.78, 5) is 10.9. The van der Waals surface area contributed by atoms with Gasteiger partial charge in [0.05, 0.1) is 13.0 Å². The molecule has 0 aliphatic carbocycles. The molecular weight excluding hydrogens is 160 g/mol. The van der Waals surface area contributed by atoms with Crippen LogP contribution in [0.1, 0.15) is 27.2 Å². The van der Waals surface area contributed by atoms with Gasteiger partial charge in [-0.1, -0.05) is 13.8 Å². The van der Waals surface area contributed by atoms with E-state index in [-0.39, 0.29) is 5.97 Å². The molecule has 0 saturated heterocycles. The van der Waals surface area contributed by atoms with Gasteiger partial charge in [0.2, 0.25) is 0 Å². The van der Waals surface area contributed by atoms with E-state index in [2.05, 4.69) is 6.92 Å². The number of rotatable bonds is 5. The van der Waals surface area contributed by atoms with E-state index in [1.165, 1.54) is 0 Å². The van der Waals surface area contributed by atoms with Gasteiger partial charge < -0.3 is 4.74 Å². The average Bonchev–Trinajstić information content (AvgIpc) is 1.87. The Kier molecular flexibility index (Phi) is 6.42. The molecule has 1 atom stereocenters. The van der Waals surface area contributed by atoms with Crippen LogP contribution >= 0.6 is 11.8 Å². The average molecular weight is 176 g/mol. The molecule has 0 aromatic rings. The molecule has 0 rings (SSSR count). The molecule has 0 N–H and O–H groups in total. The van der Waals surface area contributed by atoms with Gasteiger partial charge in [-0.3, -0.25) is 4.79 Å². The maximum absolute atomic E-state index is 10.9. The van der Waals surface area contributed by atoms with Crippen molar-refractivity contribution in [3.05, 3.63) is 0 Å². The number of ether oxygens (including phenoxy) is 1. The van der Waals surface area contributed by atoms with Crippen LogP contribution in [-0.2, 0) is 9.53 Å². The summed E-state index contributed by atoms with van der Waals surface area (Å²) >= 11 is 1.78. The summed E-state index contributed by atoms with van der Waals surface area (Å²) in [6.07, 6.45) is 0.534. The zero-order valence-electron chi connectivity index (χ0n) is 7.42. The lowest BCUT2D eigenvalue weighted by Gasteiger charge is -2.07. The van der Waals surface area contributed by atoms with E-state index in [1.54, 1.807) is 11.8 Å². The molecule has 0 saturated carbocycles. The van der Waals surface area contributed by atoms with Crippen LogP contribution in [0.5, 0.6) is 0 Å². The number of carbonyl (C=O) groups excluding carboxylic acids is 1. The minimum Gasteiger partial charge on any atom is -0.466 e. The number of hydrogen-bond acceptors (Lipinski definition) is 3. The molecule has 0 amide bonds. The Morgan fingerprint density at radius 3 is 2.64 bits per heavy atom. The third kappa shape index (κ3) is 6.23. The molecular formula is C8H16O2S. The lowest BCUT2D eigenvalue weighted by Crippen LogP contribution is -2.10. The first-order valence-electron chi connectivity index (χ1n) is 3.97. The second-order valence-electron chi connectivity index (χ2n) is 2.28. The minimum absolute atomic E-state index is 0.0825. The van der Waals surface area contributed by atoms with Crippen LogP contribution in [0.2, 0.25) is 0 Å². The van der Waals surface area contributed by atoms with Crippen molar-refractivity contribution in [1.29, 1.82) is 0 Å². The van der Waals surface area contributed by atoms with Crippen LogP contribution in [0.4, 0.5) is 0 Å². The fourth-order valence-electron chi connectivity index (χ4n) is 0.798. The van der Waals surface area contributed by atoms with Crippen LogP contribution in [0, 0.1) is 0 Å². The molecule has 0 aliphatic rings. The fourth-order valence-corrected chi connectivity index (χ4v) is 1.62. The van der Waals surface area contributed by atoms with Crippen LogP contribution in [-0.4, -0.2) is 23.6 Å². The van der Waals surface area contributed by atoms with Crippen molar-refractivity contribution in [3.63, 3.8) is 0 Å². The SMILES string of the molecule is CCOC(=O)C[C@H](C)SCC. The first kappa shape index (κ1) is 10.8. The van der Waals surface area contributed by atoms with Crippen molar-refractivity contribution in [2.75, 3.05) is 12.4 Å². The predicted octanol–water partition coefficient (Wildman–Crippen LogP) is 2.08. The van der Waals surface area contributed by atoms with E-state index in [0.29, 0.717) is 18.3 Å². The highest BCUT2D eigenvalue weighted by molar-refractivity contribution is 7.99. The quantitative estimate of drug-likeness (QED) is 0.600. The summed E-state index contributed by atoms with van der Waals surface area (Å²) in [6.45, 7) is 6.45. The Morgan fingerprint density at radius 2 is 2.18 bits per heavy atom. The molecule has 3 heteroatoms. The highest BCUT2D eigenvalue weighted by Gasteiger charge is 2.08. The standard InChI is InChI=1S/C8H16O2S/c1-4-10-8(9)6-7(3)11-5-2/h7H,4-6H2,1-3H3/t7-/m0/s1. The monoisotopic (exact) mass is 176 g/mol. The van der Waals surface area contributed by atoms with Gasteiger partial charge in [0.1, 0.15) is 0 Å². The van der Waals surface area contributed by atoms with Crippen molar-refractivity contribution < 1.29 is 9.53 Å². The number of thioether (sulfide) groups is 1. The largest absolute Gasteiger partial charge is 0.466 e. The first-order valence-corrected chi connectivity index (χ1v) is 5.02. The van der Waals surface area contributed by atoms with Gasteiger partial charge in [0, 0.05) is 5.25 Å². The maximum atomic E-state index is 10.9. The molecule has 0 aromatic carbocycles. The predicted molar refractivity (Wildman–Crippen MR) is 48.8 cm³/mol. The van der Waals surface area contributed by atoms with Crippen LogP contribution < -0.4 is 0 Å². The van der Waals surface area contributed by atoms with E-state index < -0.39 is 0 Å². The summed E-state index contributed by atoms with van der Waals surface area (Å²) < 4.78 is 4.81. The zero-order chi connectivity index (χ0) is 8.69. The summed E-state index contributed by atoms with van der Waals surface area (Å²) in [5.41, 5.74) is 0. The second-order valence-corrected chi connectivity index (χ2v) is 3.99. The molecule has 66 valence electrons. The lowest BCUT2D eigenvalue weighted by molar-refractivity contribution is -0.142. The zero-order valence-corrected chi connectivity index (χ0v) is 8.24. The van der Waals surface area contributed by atoms with Gasteiger partial charge in [0.25, 0.3) is 0 Å². The van der Waals surface area contributed by atoms with Crippen molar-refractivity contribution >= 4 is 17.7 Å². The van der Waals surface area contributed by atoms with E-state index in [9.17, 15) is 4.79 Å². The smallest absolute Gasteiger partial charge is 0.306 e. The molecule has 0 aliphatic heterocycles. The molecule has 11 heavy (non-hydrogen) atoms. The summed E-state index contributed by atoms with van der Waals surface area (Å²) in [5, 5.41) is 0.388. The van der Waals surface area contributed by atoms with Crippen molar-refractivity contribution in [2.45, 2.75) is 32.4 Å². The van der Waals surface area contributed by atoms with Gasteiger partial charge in [-0.15, -0.1) is 0 Å². The molecule has 0 radical (unpaired) electrons. The maximum Gasteiger partial charge on any atom is 0.306 e. The van der Waals surface area contributed by atoms with E-state index in [4.69, 9.17) is 4.74 Å². The number of esters is 1. The molecule has 0 spiro atoms. The lowest BCUT2D eigenvalue weighted by atomic mass is 10.3. The third-order valence-corrected chi connectivity index (χ3v) is 2.28. The molecule has 0 bridgehead atoms. The van der Waals surface area contributed by atoms with Gasteiger partial charge in [-0.25, -0.2) is 0 Å². The Bertz CT molecular complexity index is 115. The Labute approximate surface area is 72.7 Å². The summed E-state index contributed by atoms with van der Waals surface area (Å²) in [6, 6.07) is 0. The van der Waals surface area contributed by atoms with Crippen LogP contribution in [0.3, 0.4) is 0 Å². The normalized spacial score (nSPS) is 12.6. The fraction of sp³-hybridized carbons (Fsp3) is 0.875. The van der Waals surface area contributed by atoms with Crippen molar-refractivity contribution in [2.24, 2.45) is 0 Å². The van der Waals surface area contributed by atoms with Crippen molar-refractivity contribution in [1.82, 2.24) is 0 Å². The van der Waals surface area contributed by atoms with Gasteiger partial charge >= 0.3 is 5.97 Å². The Hall–Kier alpha value is -0.180. The Balaban J connectivity index is 3.40. The van der Waals surface area contributed by atoms with E-state index in [0.717, 1.165) is 5.75 Å². The molecule has 0 fully saturated rings. The van der Waals surface area contributed by atoms with Gasteiger partial charge in [-0.05, 0) is 12.7 Å². The summed E-state index contributed by atoms with van der Waals surface area (Å²) in [7, 11) is 0. The highest BCUT2D eigenvalue weighted by atomic mass is 32.2. The topological polar surface area (TPSA) is 26.3 Å². The van der Waals surface area contributed by atoms with Crippen LogP contribution in [0.15, 0.2) is 0 Å². The number of carbonyl (C=O) groups is 1. The molecule has 0 heterocycles. The third-order valence-electron chi connectivity index (χ3n) is 1.21. The molecule has 0 aromatic heterocycles. The van der Waals surface area contributed by atoms with Gasteiger partial charge in [0.15, 0.2) is 0 Å². The Morgan fingerprint density at radius 1 is 1.55 bits per heavy atom.